The van der Waals surface area contributed by atoms with E-state index in [0.29, 0.717) is 11.4 Å². The summed E-state index contributed by atoms with van der Waals surface area (Å²) in [6, 6.07) is 2.44. The van der Waals surface area contributed by atoms with Crippen LogP contribution < -0.4 is 32.8 Å². The van der Waals surface area contributed by atoms with Crippen LogP contribution >= 0.6 is 0 Å². The van der Waals surface area contributed by atoms with E-state index in [0.717, 1.165) is 0 Å². The molecule has 2 heterocycles. The van der Waals surface area contributed by atoms with Gasteiger partial charge in [-0.1, -0.05) is 0 Å². The molecule has 0 saturated carbocycles. The Bertz CT molecular complexity index is 907. The monoisotopic (exact) mass is 394 g/mol. The van der Waals surface area contributed by atoms with Gasteiger partial charge in [0.2, 0.25) is 11.9 Å². The van der Waals surface area contributed by atoms with E-state index in [2.05, 4.69) is 30.8 Å². The molecular formula is C14H18N8O6. The summed E-state index contributed by atoms with van der Waals surface area (Å²) in [5, 5.41) is 19.5. The van der Waals surface area contributed by atoms with E-state index in [1.54, 1.807) is 13.8 Å². The van der Waals surface area contributed by atoms with Crippen LogP contribution in [0.2, 0.25) is 0 Å². The molecule has 28 heavy (non-hydrogen) atoms. The maximum atomic E-state index is 11.8. The van der Waals surface area contributed by atoms with E-state index in [4.69, 9.17) is 0 Å². The van der Waals surface area contributed by atoms with Gasteiger partial charge < -0.3 is 10.2 Å². The number of hydrogen-bond acceptors (Lipinski definition) is 10. The van der Waals surface area contributed by atoms with Crippen LogP contribution in [0.1, 0.15) is 11.4 Å². The van der Waals surface area contributed by atoms with E-state index < -0.39 is 35.1 Å². The fourth-order valence-electron chi connectivity index (χ4n) is 1.95. The summed E-state index contributed by atoms with van der Waals surface area (Å²) in [6.07, 6.45) is -4.31. The molecular weight excluding hydrogens is 376 g/mol. The molecule has 2 atom stereocenters. The molecule has 2 aromatic rings. The second-order valence-corrected chi connectivity index (χ2v) is 5.59. The number of rotatable bonds is 7. The Balaban J connectivity index is 1.89. The highest BCUT2D eigenvalue weighted by Gasteiger charge is 2.30. The zero-order valence-corrected chi connectivity index (χ0v) is 14.7. The normalized spacial score (nSPS) is 12.6. The minimum absolute atomic E-state index is 0.111. The van der Waals surface area contributed by atoms with Gasteiger partial charge in [-0.05, 0) is 13.8 Å². The number of aromatic amines is 2. The van der Waals surface area contributed by atoms with E-state index in [1.165, 1.54) is 12.1 Å². The predicted octanol–water partition coefficient (Wildman–Crippen LogP) is -3.22. The number of H-pyrrole nitrogens is 2. The Morgan fingerprint density at radius 3 is 1.54 bits per heavy atom. The van der Waals surface area contributed by atoms with Crippen LogP contribution in [0.25, 0.3) is 0 Å². The molecule has 0 aromatic carbocycles. The fourth-order valence-corrected chi connectivity index (χ4v) is 1.95. The summed E-state index contributed by atoms with van der Waals surface area (Å²) in [4.78, 5) is 58.6. The lowest BCUT2D eigenvalue weighted by Crippen LogP contribution is -2.51. The third-order valence-electron chi connectivity index (χ3n) is 3.18. The van der Waals surface area contributed by atoms with Crippen molar-refractivity contribution in [1.82, 2.24) is 30.8 Å². The number of nitrogens with one attached hydrogen (secondary N) is 6. The standard InChI is InChI=1S/C14H18N8O6/c1-5-3-7(23)17-13(15-5)21-19-11(27)9(25)10(26)12(28)20-22-14-16-6(2)4-8(24)18-14/h3-4,9-10,25-26H,1-2H3,(H,19,27)(H,20,28)(H2,15,17,21,23)(H2,16,18,22,24). The molecule has 2 aromatic heterocycles. The lowest BCUT2D eigenvalue weighted by atomic mass is 10.2. The van der Waals surface area contributed by atoms with Crippen LogP contribution in [0.15, 0.2) is 21.7 Å². The van der Waals surface area contributed by atoms with Crippen molar-refractivity contribution in [3.63, 3.8) is 0 Å². The number of nitrogens with zero attached hydrogens (tertiary/aromatic N) is 2. The lowest BCUT2D eigenvalue weighted by Gasteiger charge is -2.17. The summed E-state index contributed by atoms with van der Waals surface area (Å²) in [5.74, 6) is -2.57. The van der Waals surface area contributed by atoms with Crippen LogP contribution in [-0.4, -0.2) is 54.2 Å². The van der Waals surface area contributed by atoms with Crippen molar-refractivity contribution >= 4 is 23.7 Å². The summed E-state index contributed by atoms with van der Waals surface area (Å²) in [6.45, 7) is 3.10. The van der Waals surface area contributed by atoms with Gasteiger partial charge in [0.1, 0.15) is 0 Å². The number of aryl methyl sites for hydroxylation is 2. The molecule has 0 spiro atoms. The van der Waals surface area contributed by atoms with Gasteiger partial charge in [-0.2, -0.15) is 0 Å². The largest absolute Gasteiger partial charge is 0.380 e. The van der Waals surface area contributed by atoms with Crippen molar-refractivity contribution in [2.45, 2.75) is 26.1 Å². The predicted molar refractivity (Wildman–Crippen MR) is 94.7 cm³/mol. The molecule has 8 N–H and O–H groups in total. The Labute approximate surface area is 156 Å². The van der Waals surface area contributed by atoms with Crippen molar-refractivity contribution in [1.29, 1.82) is 0 Å². The van der Waals surface area contributed by atoms with Gasteiger partial charge in [0.25, 0.3) is 22.9 Å². The van der Waals surface area contributed by atoms with Crippen molar-refractivity contribution in [3.8, 4) is 0 Å². The maximum absolute atomic E-state index is 11.8. The zero-order valence-electron chi connectivity index (χ0n) is 14.7. The van der Waals surface area contributed by atoms with Crippen LogP contribution in [0.5, 0.6) is 0 Å². The number of anilines is 2. The number of aromatic nitrogens is 4. The van der Waals surface area contributed by atoms with Crippen molar-refractivity contribution in [2.75, 3.05) is 10.9 Å². The smallest absolute Gasteiger partial charge is 0.270 e. The fraction of sp³-hybridized carbons (Fsp3) is 0.286. The van der Waals surface area contributed by atoms with E-state index in [1.807, 2.05) is 10.9 Å². The minimum Gasteiger partial charge on any atom is -0.380 e. The molecule has 150 valence electrons. The Morgan fingerprint density at radius 1 is 0.857 bits per heavy atom. The summed E-state index contributed by atoms with van der Waals surface area (Å²) < 4.78 is 0. The first-order chi connectivity index (χ1) is 13.2. The molecule has 14 heteroatoms. The number of aliphatic hydroxyl groups is 2. The van der Waals surface area contributed by atoms with Crippen molar-refractivity contribution < 1.29 is 19.8 Å². The first-order valence-corrected chi connectivity index (χ1v) is 7.79. The maximum Gasteiger partial charge on any atom is 0.270 e. The first-order valence-electron chi connectivity index (χ1n) is 7.79. The molecule has 0 saturated heterocycles. The van der Waals surface area contributed by atoms with Gasteiger partial charge in [-0.25, -0.2) is 9.97 Å². The molecule has 0 bridgehead atoms. The average molecular weight is 394 g/mol. The third kappa shape index (κ3) is 5.61. The van der Waals surface area contributed by atoms with Crippen molar-refractivity contribution in [2.24, 2.45) is 0 Å². The second-order valence-electron chi connectivity index (χ2n) is 5.59. The number of hydrazine groups is 2. The molecule has 0 aliphatic heterocycles. The molecule has 0 radical (unpaired) electrons. The number of aliphatic hydroxyl groups excluding tert-OH is 2. The van der Waals surface area contributed by atoms with Gasteiger partial charge in [0.05, 0.1) is 0 Å². The Hall–Kier alpha value is -3.78. The van der Waals surface area contributed by atoms with Gasteiger partial charge in [0, 0.05) is 23.5 Å². The summed E-state index contributed by atoms with van der Waals surface area (Å²) in [7, 11) is 0. The number of carbonyl (C=O) groups excluding carboxylic acids is 2. The Morgan fingerprint density at radius 2 is 1.21 bits per heavy atom. The van der Waals surface area contributed by atoms with Gasteiger partial charge in [0.15, 0.2) is 12.2 Å². The highest BCUT2D eigenvalue weighted by atomic mass is 16.3. The molecule has 2 unspecified atom stereocenters. The lowest BCUT2D eigenvalue weighted by molar-refractivity contribution is -0.145. The summed E-state index contributed by atoms with van der Waals surface area (Å²) in [5.41, 5.74) is 8.24. The molecule has 2 rings (SSSR count). The third-order valence-corrected chi connectivity index (χ3v) is 3.18. The highest BCUT2D eigenvalue weighted by Crippen LogP contribution is 1.98. The van der Waals surface area contributed by atoms with E-state index in [9.17, 15) is 29.4 Å². The Kier molecular flexibility index (Phi) is 6.41. The van der Waals surface area contributed by atoms with Gasteiger partial charge in [-0.15, -0.1) is 0 Å². The molecule has 0 aliphatic carbocycles. The zero-order chi connectivity index (χ0) is 20.8. The van der Waals surface area contributed by atoms with Crippen LogP contribution in [0, 0.1) is 13.8 Å². The molecule has 0 aliphatic rings. The van der Waals surface area contributed by atoms with Crippen LogP contribution in [-0.2, 0) is 9.59 Å². The molecule has 0 fully saturated rings. The summed E-state index contributed by atoms with van der Waals surface area (Å²) >= 11 is 0. The van der Waals surface area contributed by atoms with Crippen molar-refractivity contribution in [3.05, 3.63) is 44.2 Å². The highest BCUT2D eigenvalue weighted by molar-refractivity contribution is 5.91. The van der Waals surface area contributed by atoms with E-state index >= 15 is 0 Å². The van der Waals surface area contributed by atoms with E-state index in [-0.39, 0.29) is 11.9 Å². The molecule has 2 amide bonds. The number of hydrogen-bond donors (Lipinski definition) is 8. The average Bonchev–Trinajstić information content (AvgIpc) is 2.61. The number of carbonyl (C=O) groups is 2. The van der Waals surface area contributed by atoms with Gasteiger partial charge in [-0.3, -0.25) is 50.8 Å². The topological polar surface area (TPSA) is 214 Å². The van der Waals surface area contributed by atoms with Gasteiger partial charge >= 0.3 is 0 Å². The second kappa shape index (κ2) is 8.74. The van der Waals surface area contributed by atoms with Crippen LogP contribution in [0.3, 0.4) is 0 Å². The minimum atomic E-state index is -2.16. The number of amides is 2. The van der Waals surface area contributed by atoms with Crippen LogP contribution in [0.4, 0.5) is 11.9 Å². The molecule has 14 nitrogen and oxygen atoms in total. The SMILES string of the molecule is Cc1cc(=O)[nH]c(NNC(=O)C(O)C(O)C(=O)NNc2nc(C)cc(=O)[nH]2)n1. The quantitative estimate of drug-likeness (QED) is 0.220. The first kappa shape index (κ1) is 20.5.